The molecule has 3 rings (SSSR count). The molecule has 2 N–H and O–H groups in total. The first-order valence-corrected chi connectivity index (χ1v) is 5.76. The van der Waals surface area contributed by atoms with Gasteiger partial charge in [0.2, 0.25) is 5.91 Å². The number of carbonyl (C=O) groups excluding carboxylic acids is 2. The Morgan fingerprint density at radius 2 is 1.89 bits per heavy atom. The molecule has 1 heterocycles. The summed E-state index contributed by atoms with van der Waals surface area (Å²) in [6, 6.07) is 10.6. The van der Waals surface area contributed by atoms with Crippen molar-refractivity contribution in [3.8, 4) is 0 Å². The van der Waals surface area contributed by atoms with E-state index in [1.165, 1.54) is 4.90 Å². The highest BCUT2D eigenvalue weighted by molar-refractivity contribution is 6.26. The molecule has 1 aliphatic rings. The number of primary amides is 1. The molecule has 4 nitrogen and oxygen atoms in total. The van der Waals surface area contributed by atoms with Crippen molar-refractivity contribution in [2.24, 2.45) is 5.73 Å². The van der Waals surface area contributed by atoms with Gasteiger partial charge in [-0.1, -0.05) is 24.3 Å². The van der Waals surface area contributed by atoms with Gasteiger partial charge in [0.05, 0.1) is 5.69 Å². The zero-order chi connectivity index (χ0) is 12.9. The van der Waals surface area contributed by atoms with Gasteiger partial charge in [-0.25, -0.2) is 0 Å². The highest BCUT2D eigenvalue weighted by Gasteiger charge is 2.34. The van der Waals surface area contributed by atoms with E-state index in [0.717, 1.165) is 16.5 Å². The van der Waals surface area contributed by atoms with Gasteiger partial charge in [-0.15, -0.1) is 0 Å². The smallest absolute Gasteiger partial charge is 0.259 e. The van der Waals surface area contributed by atoms with Crippen LogP contribution in [0.2, 0.25) is 0 Å². The largest absolute Gasteiger partial charge is 0.368 e. The fourth-order valence-corrected chi connectivity index (χ4v) is 2.45. The quantitative estimate of drug-likeness (QED) is 0.867. The Morgan fingerprint density at radius 3 is 2.56 bits per heavy atom. The van der Waals surface area contributed by atoms with E-state index >= 15 is 0 Å². The van der Waals surface area contributed by atoms with E-state index in [2.05, 4.69) is 0 Å². The summed E-state index contributed by atoms with van der Waals surface area (Å²) in [5.74, 6) is -0.666. The van der Waals surface area contributed by atoms with E-state index in [9.17, 15) is 9.59 Å². The molecule has 1 atom stereocenters. The zero-order valence-electron chi connectivity index (χ0n) is 9.88. The van der Waals surface area contributed by atoms with Crippen LogP contribution in [-0.2, 0) is 4.79 Å². The van der Waals surface area contributed by atoms with Crippen molar-refractivity contribution in [1.82, 2.24) is 0 Å². The van der Waals surface area contributed by atoms with Crippen molar-refractivity contribution in [2.45, 2.75) is 13.0 Å². The fraction of sp³-hybridized carbons (Fsp3) is 0.143. The molecule has 90 valence electrons. The fourth-order valence-electron chi connectivity index (χ4n) is 2.45. The normalized spacial score (nSPS) is 15.2. The van der Waals surface area contributed by atoms with Crippen LogP contribution in [-0.4, -0.2) is 17.9 Å². The highest BCUT2D eigenvalue weighted by Crippen LogP contribution is 2.38. The first-order chi connectivity index (χ1) is 8.61. The average Bonchev–Trinajstić information content (AvgIpc) is 2.65. The number of hydrogen-bond acceptors (Lipinski definition) is 2. The number of nitrogens with zero attached hydrogens (tertiary/aromatic N) is 1. The van der Waals surface area contributed by atoms with Gasteiger partial charge >= 0.3 is 0 Å². The Bertz CT molecular complexity index is 673. The van der Waals surface area contributed by atoms with Crippen LogP contribution in [0.3, 0.4) is 0 Å². The maximum atomic E-state index is 12.3. The number of anilines is 1. The van der Waals surface area contributed by atoms with Crippen LogP contribution in [0.5, 0.6) is 0 Å². The molecule has 2 amide bonds. The maximum absolute atomic E-state index is 12.3. The summed E-state index contributed by atoms with van der Waals surface area (Å²) in [5.41, 5.74) is 6.71. The minimum Gasteiger partial charge on any atom is -0.368 e. The molecule has 0 unspecified atom stereocenters. The monoisotopic (exact) mass is 240 g/mol. The van der Waals surface area contributed by atoms with Crippen LogP contribution in [0.25, 0.3) is 10.8 Å². The van der Waals surface area contributed by atoms with Crippen molar-refractivity contribution in [3.05, 3.63) is 42.0 Å². The van der Waals surface area contributed by atoms with E-state index in [4.69, 9.17) is 5.73 Å². The summed E-state index contributed by atoms with van der Waals surface area (Å²) in [6.07, 6.45) is 0. The second-order valence-corrected chi connectivity index (χ2v) is 4.43. The second-order valence-electron chi connectivity index (χ2n) is 4.43. The van der Waals surface area contributed by atoms with Crippen LogP contribution >= 0.6 is 0 Å². The van der Waals surface area contributed by atoms with Crippen LogP contribution in [0.1, 0.15) is 17.3 Å². The number of rotatable bonds is 2. The minimum atomic E-state index is -0.643. The van der Waals surface area contributed by atoms with Crippen molar-refractivity contribution in [2.75, 3.05) is 4.90 Å². The Kier molecular flexibility index (Phi) is 2.13. The predicted octanol–water partition coefficient (Wildman–Crippen LogP) is 1.67. The van der Waals surface area contributed by atoms with Gasteiger partial charge in [0.25, 0.3) is 5.91 Å². The molecule has 0 aliphatic carbocycles. The van der Waals surface area contributed by atoms with Gasteiger partial charge < -0.3 is 5.73 Å². The van der Waals surface area contributed by atoms with E-state index in [1.54, 1.807) is 13.0 Å². The van der Waals surface area contributed by atoms with Crippen LogP contribution in [0, 0.1) is 0 Å². The SMILES string of the molecule is C[C@@H](C(N)=O)N1C(=O)c2cccc3cccc1c23. The van der Waals surface area contributed by atoms with Gasteiger partial charge in [0.15, 0.2) is 0 Å². The van der Waals surface area contributed by atoms with Gasteiger partial charge in [0, 0.05) is 10.9 Å². The minimum absolute atomic E-state index is 0.159. The molecule has 0 saturated carbocycles. The molecule has 1 aliphatic heterocycles. The van der Waals surface area contributed by atoms with Crippen molar-refractivity contribution in [3.63, 3.8) is 0 Å². The first kappa shape index (κ1) is 10.8. The molecule has 2 aromatic carbocycles. The van der Waals surface area contributed by atoms with Gasteiger partial charge in [0.1, 0.15) is 6.04 Å². The third-order valence-electron chi connectivity index (χ3n) is 3.39. The van der Waals surface area contributed by atoms with Crippen molar-refractivity contribution < 1.29 is 9.59 Å². The topological polar surface area (TPSA) is 63.4 Å². The Labute approximate surface area is 104 Å². The lowest BCUT2D eigenvalue weighted by Crippen LogP contribution is -2.44. The predicted molar refractivity (Wildman–Crippen MR) is 69.4 cm³/mol. The number of amides is 2. The van der Waals surface area contributed by atoms with Crippen LogP contribution in [0.15, 0.2) is 36.4 Å². The van der Waals surface area contributed by atoms with Crippen molar-refractivity contribution >= 4 is 28.3 Å². The van der Waals surface area contributed by atoms with Gasteiger partial charge in [-0.05, 0) is 24.4 Å². The maximum Gasteiger partial charge on any atom is 0.259 e. The number of hydrogen-bond donors (Lipinski definition) is 1. The third-order valence-corrected chi connectivity index (χ3v) is 3.39. The molecule has 0 radical (unpaired) electrons. The molecule has 2 aromatic rings. The number of nitrogens with two attached hydrogens (primary N) is 1. The summed E-state index contributed by atoms with van der Waals surface area (Å²) >= 11 is 0. The second kappa shape index (κ2) is 3.57. The molecule has 4 heteroatoms. The van der Waals surface area contributed by atoms with E-state index in [1.807, 2.05) is 30.3 Å². The van der Waals surface area contributed by atoms with E-state index in [0.29, 0.717) is 5.56 Å². The Balaban J connectivity index is 2.29. The van der Waals surface area contributed by atoms with E-state index < -0.39 is 11.9 Å². The number of carbonyl (C=O) groups is 2. The highest BCUT2D eigenvalue weighted by atomic mass is 16.2. The lowest BCUT2D eigenvalue weighted by molar-refractivity contribution is -0.118. The molecule has 0 bridgehead atoms. The number of benzene rings is 2. The summed E-state index contributed by atoms with van der Waals surface area (Å²) in [4.78, 5) is 25.1. The van der Waals surface area contributed by atoms with E-state index in [-0.39, 0.29) is 5.91 Å². The molecular formula is C14H12N2O2. The Morgan fingerprint density at radius 1 is 1.22 bits per heavy atom. The summed E-state index contributed by atoms with van der Waals surface area (Å²) < 4.78 is 0. The molecule has 18 heavy (non-hydrogen) atoms. The molecular weight excluding hydrogens is 228 g/mol. The van der Waals surface area contributed by atoms with Crippen LogP contribution in [0.4, 0.5) is 5.69 Å². The van der Waals surface area contributed by atoms with Gasteiger partial charge in [-0.2, -0.15) is 0 Å². The third kappa shape index (κ3) is 1.26. The molecule has 0 spiro atoms. The zero-order valence-corrected chi connectivity index (χ0v) is 9.88. The summed E-state index contributed by atoms with van der Waals surface area (Å²) in [6.45, 7) is 1.64. The van der Waals surface area contributed by atoms with Gasteiger partial charge in [-0.3, -0.25) is 14.5 Å². The standard InChI is InChI=1S/C14H12N2O2/c1-8(13(15)17)16-11-7-3-5-9-4-2-6-10(12(9)11)14(16)18/h2-8H,1H3,(H2,15,17)/t8-/m0/s1. The summed E-state index contributed by atoms with van der Waals surface area (Å²) in [5, 5.41) is 1.90. The Hall–Kier alpha value is -2.36. The molecule has 0 aromatic heterocycles. The molecule has 0 saturated heterocycles. The molecule has 0 fully saturated rings. The van der Waals surface area contributed by atoms with Crippen LogP contribution < -0.4 is 10.6 Å². The average molecular weight is 240 g/mol. The lowest BCUT2D eigenvalue weighted by atomic mass is 10.1. The van der Waals surface area contributed by atoms with Crippen molar-refractivity contribution in [1.29, 1.82) is 0 Å². The lowest BCUT2D eigenvalue weighted by Gasteiger charge is -2.22. The summed E-state index contributed by atoms with van der Waals surface area (Å²) in [7, 11) is 0. The first-order valence-electron chi connectivity index (χ1n) is 5.76.